The van der Waals surface area contributed by atoms with Gasteiger partial charge in [-0.05, 0) is 64.7 Å². The zero-order valence-electron chi connectivity index (χ0n) is 15.8. The predicted molar refractivity (Wildman–Crippen MR) is 104 cm³/mol. The lowest BCUT2D eigenvalue weighted by Gasteiger charge is -2.20. The Kier molecular flexibility index (Phi) is 6.67. The monoisotopic (exact) mass is 375 g/mol. The van der Waals surface area contributed by atoms with Crippen LogP contribution in [0.25, 0.3) is 0 Å². The van der Waals surface area contributed by atoms with E-state index in [0.29, 0.717) is 5.69 Å². The SMILES string of the molecule is CN(C)Cc1ccccc1Sc1ccc([18F])cc1NC(=O)OC(C)(C)C. The third kappa shape index (κ3) is 6.35. The van der Waals surface area contributed by atoms with Crippen molar-refractivity contribution in [3.63, 3.8) is 0 Å². The number of ether oxygens (including phenoxy) is 1. The fourth-order valence-electron chi connectivity index (χ4n) is 2.30. The summed E-state index contributed by atoms with van der Waals surface area (Å²) in [4.78, 5) is 16.0. The van der Waals surface area contributed by atoms with E-state index in [4.69, 9.17) is 4.74 Å². The van der Waals surface area contributed by atoms with E-state index in [1.165, 1.54) is 23.9 Å². The Morgan fingerprint density at radius 2 is 1.85 bits per heavy atom. The molecule has 140 valence electrons. The number of nitrogens with zero attached hydrogens (tertiary/aromatic N) is 1. The minimum absolute atomic E-state index is 0.393. The largest absolute Gasteiger partial charge is 0.444 e. The van der Waals surface area contributed by atoms with Crippen molar-refractivity contribution in [3.05, 3.63) is 53.8 Å². The molecule has 0 aliphatic heterocycles. The molecule has 26 heavy (non-hydrogen) atoms. The van der Waals surface area contributed by atoms with Crippen molar-refractivity contribution in [1.29, 1.82) is 0 Å². The van der Waals surface area contributed by atoms with E-state index in [9.17, 15) is 9.18 Å². The van der Waals surface area contributed by atoms with Crippen molar-refractivity contribution in [2.75, 3.05) is 19.4 Å². The van der Waals surface area contributed by atoms with E-state index >= 15 is 0 Å². The lowest BCUT2D eigenvalue weighted by Crippen LogP contribution is -2.27. The third-order valence-corrected chi connectivity index (χ3v) is 4.45. The number of carbonyl (C=O) groups is 1. The number of rotatable bonds is 5. The Labute approximate surface area is 158 Å². The van der Waals surface area contributed by atoms with Crippen molar-refractivity contribution < 1.29 is 13.9 Å². The molecule has 0 bridgehead atoms. The van der Waals surface area contributed by atoms with E-state index in [1.54, 1.807) is 26.8 Å². The summed E-state index contributed by atoms with van der Waals surface area (Å²) in [5.74, 6) is -0.415. The van der Waals surface area contributed by atoms with E-state index in [2.05, 4.69) is 16.3 Å². The lowest BCUT2D eigenvalue weighted by molar-refractivity contribution is 0.0635. The predicted octanol–water partition coefficient (Wildman–Crippen LogP) is 5.39. The quantitative estimate of drug-likeness (QED) is 0.761. The highest BCUT2D eigenvalue weighted by Crippen LogP contribution is 2.36. The van der Waals surface area contributed by atoms with Gasteiger partial charge >= 0.3 is 6.09 Å². The summed E-state index contributed by atoms with van der Waals surface area (Å²) >= 11 is 1.49. The number of anilines is 1. The fourth-order valence-corrected chi connectivity index (χ4v) is 3.30. The number of benzene rings is 2. The number of hydrogen-bond acceptors (Lipinski definition) is 4. The molecule has 1 amide bonds. The molecule has 0 radical (unpaired) electrons. The highest BCUT2D eigenvalue weighted by molar-refractivity contribution is 7.99. The van der Waals surface area contributed by atoms with Gasteiger partial charge in [0.25, 0.3) is 0 Å². The highest BCUT2D eigenvalue weighted by Gasteiger charge is 2.18. The summed E-state index contributed by atoms with van der Waals surface area (Å²) in [7, 11) is 4.02. The van der Waals surface area contributed by atoms with Gasteiger partial charge in [-0.1, -0.05) is 30.0 Å². The molecule has 1 N–H and O–H groups in total. The van der Waals surface area contributed by atoms with Crippen LogP contribution in [0.1, 0.15) is 26.3 Å². The molecule has 0 saturated carbocycles. The topological polar surface area (TPSA) is 41.6 Å². The molecule has 0 spiro atoms. The Morgan fingerprint density at radius 1 is 1.15 bits per heavy atom. The molecule has 4 nitrogen and oxygen atoms in total. The average Bonchev–Trinajstić information content (AvgIpc) is 2.49. The van der Waals surface area contributed by atoms with Crippen LogP contribution < -0.4 is 5.32 Å². The van der Waals surface area contributed by atoms with Crippen LogP contribution in [0.5, 0.6) is 0 Å². The Morgan fingerprint density at radius 3 is 2.50 bits per heavy atom. The van der Waals surface area contributed by atoms with Gasteiger partial charge in [0, 0.05) is 16.3 Å². The molecule has 6 heteroatoms. The van der Waals surface area contributed by atoms with E-state index < -0.39 is 17.5 Å². The van der Waals surface area contributed by atoms with Crippen LogP contribution >= 0.6 is 11.8 Å². The van der Waals surface area contributed by atoms with Crippen LogP contribution in [0.2, 0.25) is 0 Å². The summed E-state index contributed by atoms with van der Waals surface area (Å²) in [6.07, 6.45) is -0.605. The number of nitrogens with one attached hydrogen (secondary N) is 1. The van der Waals surface area contributed by atoms with E-state index in [-0.39, 0.29) is 0 Å². The number of carbonyl (C=O) groups excluding carboxylic acids is 1. The Balaban J connectivity index is 2.27. The minimum atomic E-state index is -0.622. The molecule has 0 aromatic heterocycles. The van der Waals surface area contributed by atoms with Gasteiger partial charge in [0.05, 0.1) is 5.69 Å². The van der Waals surface area contributed by atoms with E-state index in [1.807, 2.05) is 32.3 Å². The second kappa shape index (κ2) is 8.56. The van der Waals surface area contributed by atoms with Crippen molar-refractivity contribution in [2.24, 2.45) is 0 Å². The maximum Gasteiger partial charge on any atom is 0.412 e. The molecular formula is C20H25FN2O2S. The average molecular weight is 375 g/mol. The van der Waals surface area contributed by atoms with Gasteiger partial charge in [0.2, 0.25) is 0 Å². The van der Waals surface area contributed by atoms with Crippen molar-refractivity contribution in [3.8, 4) is 0 Å². The maximum absolute atomic E-state index is 13.7. The van der Waals surface area contributed by atoms with Gasteiger partial charge in [0.1, 0.15) is 11.4 Å². The van der Waals surface area contributed by atoms with Crippen LogP contribution in [0.4, 0.5) is 14.9 Å². The van der Waals surface area contributed by atoms with Crippen LogP contribution in [-0.4, -0.2) is 30.7 Å². The van der Waals surface area contributed by atoms with Gasteiger partial charge in [-0.3, -0.25) is 5.32 Å². The summed E-state index contributed by atoms with van der Waals surface area (Å²) < 4.78 is 19.0. The van der Waals surface area contributed by atoms with E-state index in [0.717, 1.165) is 21.9 Å². The molecule has 0 saturated heterocycles. The van der Waals surface area contributed by atoms with Gasteiger partial charge in [0.15, 0.2) is 0 Å². The summed E-state index contributed by atoms with van der Waals surface area (Å²) in [5, 5.41) is 2.66. The first kappa shape index (κ1) is 20.3. The van der Waals surface area contributed by atoms with Gasteiger partial charge < -0.3 is 9.64 Å². The van der Waals surface area contributed by atoms with Crippen molar-refractivity contribution >= 4 is 23.5 Å². The molecule has 2 aromatic carbocycles. The molecule has 0 aliphatic carbocycles. The van der Waals surface area contributed by atoms with Gasteiger partial charge in [-0.15, -0.1) is 0 Å². The third-order valence-electron chi connectivity index (χ3n) is 3.26. The smallest absolute Gasteiger partial charge is 0.412 e. The molecular weight excluding hydrogens is 350 g/mol. The van der Waals surface area contributed by atoms with Crippen molar-refractivity contribution in [1.82, 2.24) is 4.90 Å². The van der Waals surface area contributed by atoms with Crippen LogP contribution in [0, 0.1) is 5.82 Å². The first-order valence-corrected chi connectivity index (χ1v) is 9.16. The molecule has 0 atom stereocenters. The first-order chi connectivity index (χ1) is 12.1. The Hall–Kier alpha value is -2.05. The minimum Gasteiger partial charge on any atom is -0.444 e. The number of hydrogen-bond donors (Lipinski definition) is 1. The molecule has 0 unspecified atom stereocenters. The zero-order chi connectivity index (χ0) is 19.3. The van der Waals surface area contributed by atoms with Crippen LogP contribution in [0.3, 0.4) is 0 Å². The van der Waals surface area contributed by atoms with Crippen LogP contribution in [-0.2, 0) is 11.3 Å². The standard InChI is InChI=1S/C20H25FN2O2S/c1-20(2,3)25-19(24)22-16-12-15(21)10-11-18(16)26-17-9-7-6-8-14(17)13-23(4)5/h6-12H,13H2,1-5H3,(H,22,24)/i21-1. The highest BCUT2D eigenvalue weighted by atomic mass is 32.2. The van der Waals surface area contributed by atoms with Gasteiger partial charge in [-0.2, -0.15) is 0 Å². The normalized spacial score (nSPS) is 11.5. The molecule has 0 heterocycles. The zero-order valence-corrected chi connectivity index (χ0v) is 16.6. The molecule has 2 rings (SSSR count). The molecule has 2 aromatic rings. The fraction of sp³-hybridized carbons (Fsp3) is 0.350. The van der Waals surface area contributed by atoms with Crippen LogP contribution in [0.15, 0.2) is 52.3 Å². The lowest BCUT2D eigenvalue weighted by atomic mass is 10.2. The second-order valence-electron chi connectivity index (χ2n) is 7.21. The van der Waals surface area contributed by atoms with Crippen molar-refractivity contribution in [2.45, 2.75) is 42.7 Å². The first-order valence-electron chi connectivity index (χ1n) is 8.34. The summed E-state index contributed by atoms with van der Waals surface area (Å²) in [6, 6.07) is 12.4. The summed E-state index contributed by atoms with van der Waals surface area (Å²) in [5.41, 5.74) is 0.933. The maximum atomic E-state index is 13.7. The van der Waals surface area contributed by atoms with Gasteiger partial charge in [-0.25, -0.2) is 9.18 Å². The molecule has 0 fully saturated rings. The Bertz CT molecular complexity index is 773. The number of halogens is 1. The second-order valence-corrected chi connectivity index (χ2v) is 8.30. The number of amides is 1. The molecule has 0 aliphatic rings. The summed E-state index contributed by atoms with van der Waals surface area (Å²) in [6.45, 7) is 6.14.